The Hall–Kier alpha value is -0.940. The number of hydrogen-bond acceptors (Lipinski definition) is 4. The maximum absolute atomic E-state index is 10.5. The van der Waals surface area contributed by atoms with Crippen LogP contribution in [0, 0.1) is 0 Å². The maximum atomic E-state index is 10.5. The monoisotopic (exact) mass is 227 g/mol. The molecule has 1 aromatic rings. The van der Waals surface area contributed by atoms with Gasteiger partial charge < -0.3 is 9.84 Å². The maximum Gasteiger partial charge on any atom is 0.308 e. The number of nitrogens with zero attached hydrogens (tertiary/aromatic N) is 1. The molecule has 1 saturated heterocycles. The summed E-state index contributed by atoms with van der Waals surface area (Å²) in [4.78, 5) is 15.6. The molecule has 1 fully saturated rings. The summed E-state index contributed by atoms with van der Waals surface area (Å²) in [6.45, 7) is 1.56. The summed E-state index contributed by atoms with van der Waals surface area (Å²) in [5, 5.41) is 9.66. The van der Waals surface area contributed by atoms with E-state index in [0.717, 1.165) is 35.9 Å². The fraction of sp³-hybridized carbons (Fsp3) is 0.600. The Kier molecular flexibility index (Phi) is 3.33. The van der Waals surface area contributed by atoms with Gasteiger partial charge in [0.05, 0.1) is 18.0 Å². The first-order chi connectivity index (χ1) is 7.25. The van der Waals surface area contributed by atoms with Crippen molar-refractivity contribution in [2.45, 2.75) is 25.2 Å². The van der Waals surface area contributed by atoms with Gasteiger partial charge in [0, 0.05) is 23.6 Å². The van der Waals surface area contributed by atoms with E-state index in [1.54, 1.807) is 6.20 Å². The lowest BCUT2D eigenvalue weighted by atomic mass is 10.0. The highest BCUT2D eigenvalue weighted by molar-refractivity contribution is 7.11. The van der Waals surface area contributed by atoms with Crippen molar-refractivity contribution in [3.05, 3.63) is 16.1 Å². The highest BCUT2D eigenvalue weighted by atomic mass is 32.1. The highest BCUT2D eigenvalue weighted by Crippen LogP contribution is 2.28. The zero-order chi connectivity index (χ0) is 10.7. The topological polar surface area (TPSA) is 59.4 Å². The number of ether oxygens (including phenoxy) is 1. The number of rotatable bonds is 3. The van der Waals surface area contributed by atoms with Crippen LogP contribution >= 0.6 is 11.3 Å². The van der Waals surface area contributed by atoms with Crippen molar-refractivity contribution in [1.29, 1.82) is 0 Å². The van der Waals surface area contributed by atoms with Gasteiger partial charge in [0.1, 0.15) is 0 Å². The Labute approximate surface area is 91.9 Å². The van der Waals surface area contributed by atoms with Crippen LogP contribution in [-0.2, 0) is 16.0 Å². The summed E-state index contributed by atoms with van der Waals surface area (Å²) in [5.41, 5.74) is 0. The molecule has 1 aliphatic heterocycles. The molecular weight excluding hydrogens is 214 g/mol. The summed E-state index contributed by atoms with van der Waals surface area (Å²) >= 11 is 1.50. The number of carboxylic acid groups (broad SMARTS) is 1. The van der Waals surface area contributed by atoms with Crippen molar-refractivity contribution in [3.63, 3.8) is 0 Å². The average Bonchev–Trinajstić information content (AvgIpc) is 2.67. The first-order valence-electron chi connectivity index (χ1n) is 5.00. The molecule has 1 aromatic heterocycles. The zero-order valence-electron chi connectivity index (χ0n) is 8.31. The minimum atomic E-state index is -0.801. The summed E-state index contributed by atoms with van der Waals surface area (Å²) < 4.78 is 5.38. The molecule has 1 atom stereocenters. The van der Waals surface area contributed by atoms with Crippen LogP contribution in [0.15, 0.2) is 6.20 Å². The molecule has 82 valence electrons. The average molecular weight is 227 g/mol. The Morgan fingerprint density at radius 3 is 3.27 bits per heavy atom. The molecule has 2 rings (SSSR count). The Bertz CT molecular complexity index is 344. The minimum absolute atomic E-state index is 0.0746. The van der Waals surface area contributed by atoms with E-state index in [1.807, 2.05) is 0 Å². The van der Waals surface area contributed by atoms with Gasteiger partial charge in [-0.05, 0) is 12.8 Å². The molecule has 0 aliphatic carbocycles. The number of aromatic nitrogens is 1. The number of carboxylic acids is 1. The zero-order valence-corrected chi connectivity index (χ0v) is 9.13. The molecule has 1 unspecified atom stereocenters. The summed E-state index contributed by atoms with van der Waals surface area (Å²) in [7, 11) is 0. The standard InChI is InChI=1S/C10H13NO3S/c12-9(13)4-8-5-11-10(15-8)7-2-1-3-14-6-7/h5,7H,1-4,6H2,(H,12,13). The van der Waals surface area contributed by atoms with Crippen molar-refractivity contribution >= 4 is 17.3 Å². The second-order valence-corrected chi connectivity index (χ2v) is 4.80. The molecule has 1 aliphatic rings. The van der Waals surface area contributed by atoms with Gasteiger partial charge in [0.15, 0.2) is 0 Å². The number of thiazole rings is 1. The van der Waals surface area contributed by atoms with Crippen molar-refractivity contribution in [1.82, 2.24) is 4.98 Å². The van der Waals surface area contributed by atoms with E-state index in [0.29, 0.717) is 5.92 Å². The summed E-state index contributed by atoms with van der Waals surface area (Å²) in [6.07, 6.45) is 3.91. The van der Waals surface area contributed by atoms with E-state index < -0.39 is 5.97 Å². The Morgan fingerprint density at radius 2 is 2.60 bits per heavy atom. The van der Waals surface area contributed by atoms with Gasteiger partial charge in [-0.15, -0.1) is 11.3 Å². The molecule has 0 saturated carbocycles. The third-order valence-corrected chi connectivity index (χ3v) is 3.57. The Morgan fingerprint density at radius 1 is 1.73 bits per heavy atom. The molecule has 0 bridgehead atoms. The van der Waals surface area contributed by atoms with Crippen LogP contribution in [0.1, 0.15) is 28.6 Å². The van der Waals surface area contributed by atoms with E-state index in [-0.39, 0.29) is 6.42 Å². The third kappa shape index (κ3) is 2.76. The largest absolute Gasteiger partial charge is 0.481 e. The van der Waals surface area contributed by atoms with Gasteiger partial charge in [-0.3, -0.25) is 4.79 Å². The minimum Gasteiger partial charge on any atom is -0.481 e. The quantitative estimate of drug-likeness (QED) is 0.853. The lowest BCUT2D eigenvalue weighted by Gasteiger charge is -2.19. The van der Waals surface area contributed by atoms with Crippen LogP contribution in [0.25, 0.3) is 0 Å². The van der Waals surface area contributed by atoms with Gasteiger partial charge in [0.25, 0.3) is 0 Å². The van der Waals surface area contributed by atoms with Crippen LogP contribution in [0.2, 0.25) is 0 Å². The predicted octanol–water partition coefficient (Wildman–Crippen LogP) is 1.66. The van der Waals surface area contributed by atoms with Gasteiger partial charge in [0.2, 0.25) is 0 Å². The Balaban J connectivity index is 2.02. The SMILES string of the molecule is O=C(O)Cc1cnc(C2CCCOC2)s1. The van der Waals surface area contributed by atoms with Gasteiger partial charge in [-0.2, -0.15) is 0 Å². The first kappa shape index (κ1) is 10.6. The molecular formula is C10H13NO3S. The second-order valence-electron chi connectivity index (χ2n) is 3.65. The molecule has 5 heteroatoms. The van der Waals surface area contributed by atoms with Crippen LogP contribution in [0.4, 0.5) is 0 Å². The van der Waals surface area contributed by atoms with Crippen LogP contribution in [0.5, 0.6) is 0 Å². The van der Waals surface area contributed by atoms with Crippen molar-refractivity contribution in [2.24, 2.45) is 0 Å². The van der Waals surface area contributed by atoms with Gasteiger partial charge in [-0.25, -0.2) is 4.98 Å². The summed E-state index contributed by atoms with van der Waals surface area (Å²) in [5.74, 6) is -0.434. The lowest BCUT2D eigenvalue weighted by Crippen LogP contribution is -2.15. The van der Waals surface area contributed by atoms with Crippen molar-refractivity contribution < 1.29 is 14.6 Å². The molecule has 2 heterocycles. The van der Waals surface area contributed by atoms with Crippen LogP contribution < -0.4 is 0 Å². The smallest absolute Gasteiger partial charge is 0.308 e. The van der Waals surface area contributed by atoms with E-state index in [9.17, 15) is 4.79 Å². The van der Waals surface area contributed by atoms with Gasteiger partial charge >= 0.3 is 5.97 Å². The molecule has 1 N–H and O–H groups in total. The predicted molar refractivity (Wildman–Crippen MR) is 56.2 cm³/mol. The normalized spacial score (nSPS) is 21.5. The van der Waals surface area contributed by atoms with Gasteiger partial charge in [-0.1, -0.05) is 0 Å². The first-order valence-corrected chi connectivity index (χ1v) is 5.81. The van der Waals surface area contributed by atoms with Crippen LogP contribution in [-0.4, -0.2) is 29.3 Å². The highest BCUT2D eigenvalue weighted by Gasteiger charge is 2.19. The molecule has 0 amide bonds. The fourth-order valence-electron chi connectivity index (χ4n) is 1.68. The third-order valence-electron chi connectivity index (χ3n) is 2.41. The summed E-state index contributed by atoms with van der Waals surface area (Å²) in [6, 6.07) is 0. The van der Waals surface area contributed by atoms with E-state index in [4.69, 9.17) is 9.84 Å². The lowest BCUT2D eigenvalue weighted by molar-refractivity contribution is -0.136. The molecule has 0 radical (unpaired) electrons. The number of carbonyl (C=O) groups is 1. The molecule has 0 spiro atoms. The van der Waals surface area contributed by atoms with E-state index in [1.165, 1.54) is 11.3 Å². The van der Waals surface area contributed by atoms with Crippen molar-refractivity contribution in [2.75, 3.05) is 13.2 Å². The number of aliphatic carboxylic acids is 1. The fourth-order valence-corrected chi connectivity index (χ4v) is 2.71. The second kappa shape index (κ2) is 4.72. The van der Waals surface area contributed by atoms with Crippen LogP contribution in [0.3, 0.4) is 0 Å². The van der Waals surface area contributed by atoms with E-state index >= 15 is 0 Å². The number of hydrogen-bond donors (Lipinski definition) is 1. The molecule has 15 heavy (non-hydrogen) atoms. The van der Waals surface area contributed by atoms with E-state index in [2.05, 4.69) is 4.98 Å². The molecule has 4 nitrogen and oxygen atoms in total. The van der Waals surface area contributed by atoms with Crippen molar-refractivity contribution in [3.8, 4) is 0 Å². The molecule has 0 aromatic carbocycles.